The Kier molecular flexibility index (Phi) is 15.3. The number of carbonyl (C=O) groups is 3. The molecule has 1 aromatic rings. The van der Waals surface area contributed by atoms with Crippen molar-refractivity contribution in [2.24, 2.45) is 0 Å². The van der Waals surface area contributed by atoms with E-state index in [1.807, 2.05) is 36.6 Å². The number of nitrogens with one attached hydrogen (secondary N) is 2. The zero-order chi connectivity index (χ0) is 27.0. The van der Waals surface area contributed by atoms with Crippen molar-refractivity contribution in [1.29, 1.82) is 0 Å². The number of thioether (sulfide) groups is 1. The first-order valence-electron chi connectivity index (χ1n) is 13.3. The van der Waals surface area contributed by atoms with Gasteiger partial charge in [-0.3, -0.25) is 9.59 Å². The summed E-state index contributed by atoms with van der Waals surface area (Å²) in [6.45, 7) is 10.6. The van der Waals surface area contributed by atoms with Crippen LogP contribution in [-0.4, -0.2) is 59.5 Å². The van der Waals surface area contributed by atoms with E-state index in [0.29, 0.717) is 25.3 Å². The van der Waals surface area contributed by atoms with Crippen LogP contribution in [0, 0.1) is 0 Å². The van der Waals surface area contributed by atoms with Gasteiger partial charge < -0.3 is 20.3 Å². The molecular weight excluding hydrogens is 474 g/mol. The molecule has 1 rings (SSSR count). The largest absolute Gasteiger partial charge is 0.444 e. The smallest absolute Gasteiger partial charge is 0.408 e. The summed E-state index contributed by atoms with van der Waals surface area (Å²) in [5, 5.41) is 5.81. The first-order valence-corrected chi connectivity index (χ1v) is 14.7. The summed E-state index contributed by atoms with van der Waals surface area (Å²) in [4.78, 5) is 41.8. The van der Waals surface area contributed by atoms with Crippen molar-refractivity contribution in [2.45, 2.75) is 97.2 Å². The Morgan fingerprint density at radius 1 is 1.00 bits per heavy atom. The summed E-state index contributed by atoms with van der Waals surface area (Å²) in [5.41, 5.74) is 0.0826. The lowest BCUT2D eigenvalue weighted by Gasteiger charge is -2.34. The number of ether oxygens (including phenoxy) is 1. The van der Waals surface area contributed by atoms with Crippen LogP contribution >= 0.6 is 11.8 Å². The average molecular weight is 522 g/mol. The van der Waals surface area contributed by atoms with E-state index in [1.54, 1.807) is 37.4 Å². The van der Waals surface area contributed by atoms with Gasteiger partial charge in [0.05, 0.1) is 0 Å². The van der Waals surface area contributed by atoms with Crippen molar-refractivity contribution in [2.75, 3.05) is 25.1 Å². The number of hydrogen-bond donors (Lipinski definition) is 2. The molecule has 0 radical (unpaired) electrons. The fourth-order valence-electron chi connectivity index (χ4n) is 3.81. The molecule has 2 unspecified atom stereocenters. The minimum Gasteiger partial charge on any atom is -0.444 e. The summed E-state index contributed by atoms with van der Waals surface area (Å²) < 4.78 is 5.44. The summed E-state index contributed by atoms with van der Waals surface area (Å²) in [5.74, 6) is 0.236. The Bertz CT molecular complexity index is 783. The van der Waals surface area contributed by atoms with Crippen LogP contribution in [-0.2, 0) is 14.3 Å². The number of benzene rings is 1. The molecule has 7 nitrogen and oxygen atoms in total. The van der Waals surface area contributed by atoms with Crippen molar-refractivity contribution < 1.29 is 19.1 Å². The van der Waals surface area contributed by atoms with E-state index in [4.69, 9.17) is 4.74 Å². The molecule has 0 fully saturated rings. The highest BCUT2D eigenvalue weighted by Crippen LogP contribution is 2.24. The first-order chi connectivity index (χ1) is 17.1. The maximum Gasteiger partial charge on any atom is 0.408 e. The van der Waals surface area contributed by atoms with E-state index >= 15 is 0 Å². The van der Waals surface area contributed by atoms with Gasteiger partial charge in [-0.15, -0.1) is 0 Å². The Hall–Kier alpha value is -2.22. The number of carbonyl (C=O) groups excluding carboxylic acids is 3. The normalized spacial score (nSPS) is 12.9. The second-order valence-corrected chi connectivity index (χ2v) is 11.0. The molecule has 0 aliphatic carbocycles. The molecule has 0 aromatic heterocycles. The first kappa shape index (κ1) is 31.8. The summed E-state index contributed by atoms with van der Waals surface area (Å²) in [6, 6.07) is 7.87. The van der Waals surface area contributed by atoms with E-state index in [9.17, 15) is 14.4 Å². The van der Waals surface area contributed by atoms with Crippen molar-refractivity contribution >= 4 is 29.7 Å². The molecule has 204 valence electrons. The summed E-state index contributed by atoms with van der Waals surface area (Å²) in [7, 11) is 0. The van der Waals surface area contributed by atoms with Gasteiger partial charge in [0, 0.05) is 13.1 Å². The quantitative estimate of drug-likeness (QED) is 0.273. The van der Waals surface area contributed by atoms with Gasteiger partial charge in [0.2, 0.25) is 11.8 Å². The molecule has 0 heterocycles. The minimum absolute atomic E-state index is 0.195. The highest BCUT2D eigenvalue weighted by Gasteiger charge is 2.35. The molecule has 0 aliphatic rings. The van der Waals surface area contributed by atoms with Gasteiger partial charge in [-0.05, 0) is 57.6 Å². The number of unbranched alkanes of at least 4 members (excludes halogenated alkanes) is 4. The van der Waals surface area contributed by atoms with E-state index in [2.05, 4.69) is 24.5 Å². The Balaban J connectivity index is 3.33. The monoisotopic (exact) mass is 521 g/mol. The highest BCUT2D eigenvalue weighted by atomic mass is 32.2. The molecule has 0 bridgehead atoms. The van der Waals surface area contributed by atoms with Crippen LogP contribution in [0.5, 0.6) is 0 Å². The summed E-state index contributed by atoms with van der Waals surface area (Å²) >= 11 is 1.61. The number of hydrogen-bond acceptors (Lipinski definition) is 5. The molecule has 36 heavy (non-hydrogen) atoms. The lowest BCUT2D eigenvalue weighted by Crippen LogP contribution is -2.53. The zero-order valence-electron chi connectivity index (χ0n) is 23.1. The zero-order valence-corrected chi connectivity index (χ0v) is 23.9. The second-order valence-electron chi connectivity index (χ2n) is 10.0. The number of alkyl carbamates (subject to hydrolysis) is 1. The Morgan fingerprint density at radius 2 is 1.67 bits per heavy atom. The average Bonchev–Trinajstić information content (AvgIpc) is 2.82. The van der Waals surface area contributed by atoms with E-state index in [0.717, 1.165) is 44.1 Å². The molecule has 2 atom stereocenters. The third-order valence-corrected chi connectivity index (χ3v) is 6.28. The standard InChI is InChI=1S/C28H47N3O4S/c1-7-9-11-15-20-31(24(22-16-13-12-14-17-22)25(32)29-19-10-8-2)26(33)23(18-21-36-6)30-27(34)35-28(3,4)5/h12-14,16-17,23-24H,7-11,15,18-21H2,1-6H3,(H,29,32)(H,30,34). The van der Waals surface area contributed by atoms with Crippen LogP contribution < -0.4 is 10.6 Å². The lowest BCUT2D eigenvalue weighted by atomic mass is 10.0. The second kappa shape index (κ2) is 17.3. The van der Waals surface area contributed by atoms with Gasteiger partial charge in [0.1, 0.15) is 17.7 Å². The minimum atomic E-state index is -0.784. The molecule has 0 spiro atoms. The Labute approximate surface area is 222 Å². The number of nitrogens with zero attached hydrogens (tertiary/aromatic N) is 1. The predicted octanol–water partition coefficient (Wildman–Crippen LogP) is 5.70. The lowest BCUT2D eigenvalue weighted by molar-refractivity contribution is -0.142. The molecular formula is C28H47N3O4S. The fourth-order valence-corrected chi connectivity index (χ4v) is 4.28. The maximum absolute atomic E-state index is 14.0. The predicted molar refractivity (Wildman–Crippen MR) is 149 cm³/mol. The molecule has 3 amide bonds. The summed E-state index contributed by atoms with van der Waals surface area (Å²) in [6.07, 6.45) is 7.50. The molecule has 0 aliphatic heterocycles. The van der Waals surface area contributed by atoms with Crippen molar-refractivity contribution in [3.05, 3.63) is 35.9 Å². The van der Waals surface area contributed by atoms with Gasteiger partial charge in [0.15, 0.2) is 0 Å². The van der Waals surface area contributed by atoms with E-state index < -0.39 is 23.8 Å². The van der Waals surface area contributed by atoms with Crippen molar-refractivity contribution in [1.82, 2.24) is 15.5 Å². The molecule has 0 saturated carbocycles. The highest BCUT2D eigenvalue weighted by molar-refractivity contribution is 7.98. The van der Waals surface area contributed by atoms with E-state index in [-0.39, 0.29) is 11.8 Å². The maximum atomic E-state index is 14.0. The van der Waals surface area contributed by atoms with Crippen LogP contribution in [0.4, 0.5) is 4.79 Å². The molecule has 0 saturated heterocycles. The van der Waals surface area contributed by atoms with Crippen LogP contribution in [0.25, 0.3) is 0 Å². The third kappa shape index (κ3) is 12.2. The van der Waals surface area contributed by atoms with Crippen LogP contribution in [0.2, 0.25) is 0 Å². The van der Waals surface area contributed by atoms with Gasteiger partial charge >= 0.3 is 6.09 Å². The van der Waals surface area contributed by atoms with E-state index in [1.165, 1.54) is 0 Å². The number of amides is 3. The fraction of sp³-hybridized carbons (Fsp3) is 0.679. The van der Waals surface area contributed by atoms with Crippen LogP contribution in [0.1, 0.15) is 91.2 Å². The topological polar surface area (TPSA) is 87.7 Å². The van der Waals surface area contributed by atoms with Crippen LogP contribution in [0.15, 0.2) is 30.3 Å². The molecule has 2 N–H and O–H groups in total. The molecule has 8 heteroatoms. The molecule has 1 aromatic carbocycles. The van der Waals surface area contributed by atoms with Gasteiger partial charge in [0.25, 0.3) is 0 Å². The van der Waals surface area contributed by atoms with Crippen molar-refractivity contribution in [3.8, 4) is 0 Å². The Morgan fingerprint density at radius 3 is 2.25 bits per heavy atom. The van der Waals surface area contributed by atoms with Crippen LogP contribution in [0.3, 0.4) is 0 Å². The number of rotatable bonds is 16. The SMILES string of the molecule is CCCCCCN(C(=O)C(CCSC)NC(=O)OC(C)(C)C)C(C(=O)NCCCC)c1ccccc1. The van der Waals surface area contributed by atoms with Gasteiger partial charge in [-0.2, -0.15) is 11.8 Å². The van der Waals surface area contributed by atoms with Gasteiger partial charge in [-0.25, -0.2) is 4.79 Å². The third-order valence-electron chi connectivity index (χ3n) is 5.64. The van der Waals surface area contributed by atoms with Crippen molar-refractivity contribution in [3.63, 3.8) is 0 Å². The van der Waals surface area contributed by atoms with Gasteiger partial charge in [-0.1, -0.05) is 69.9 Å².